The molecule has 0 atom stereocenters. The van der Waals surface area contributed by atoms with E-state index >= 15 is 0 Å². The zero-order valence-corrected chi connectivity index (χ0v) is 18.8. The minimum absolute atomic E-state index is 0.00999. The normalized spacial score (nSPS) is 13.1. The number of anilines is 2. The number of pyridine rings is 1. The number of carbonyl (C=O) groups excluding carboxylic acids is 2. The van der Waals surface area contributed by atoms with Gasteiger partial charge in [-0.3, -0.25) is 14.6 Å². The van der Waals surface area contributed by atoms with Crippen LogP contribution in [0.4, 0.5) is 24.7 Å². The zero-order chi connectivity index (χ0) is 25.0. The number of aromatic nitrogens is 1. The van der Waals surface area contributed by atoms with E-state index in [0.29, 0.717) is 11.1 Å². The molecular formula is C21H21ClF3N5O4. The lowest BCUT2D eigenvalue weighted by Gasteiger charge is -2.22. The Kier molecular flexibility index (Phi) is 7.52. The Balaban J connectivity index is 1.99. The zero-order valence-electron chi connectivity index (χ0n) is 18.1. The van der Waals surface area contributed by atoms with E-state index in [4.69, 9.17) is 26.9 Å². The van der Waals surface area contributed by atoms with Crippen LogP contribution >= 0.6 is 11.6 Å². The van der Waals surface area contributed by atoms with E-state index in [1.807, 2.05) is 0 Å². The lowest BCUT2D eigenvalue weighted by atomic mass is 10.1. The number of ether oxygens (including phenoxy) is 2. The summed E-state index contributed by atoms with van der Waals surface area (Å²) in [7, 11) is 0. The highest BCUT2D eigenvalue weighted by Gasteiger charge is 2.29. The third kappa shape index (κ3) is 6.08. The van der Waals surface area contributed by atoms with Crippen LogP contribution in [0.25, 0.3) is 0 Å². The third-order valence-electron chi connectivity index (χ3n) is 4.41. The molecule has 2 aromatic rings. The van der Waals surface area contributed by atoms with Gasteiger partial charge in [-0.05, 0) is 38.1 Å². The van der Waals surface area contributed by atoms with Crippen LogP contribution in [-0.2, 0) is 4.79 Å². The summed E-state index contributed by atoms with van der Waals surface area (Å²) in [5.41, 5.74) is -0.599. The van der Waals surface area contributed by atoms with Crippen LogP contribution < -0.4 is 31.0 Å². The van der Waals surface area contributed by atoms with Gasteiger partial charge < -0.3 is 20.1 Å². The predicted molar refractivity (Wildman–Crippen MR) is 118 cm³/mol. The number of allylic oxidation sites excluding steroid dienone is 1. The van der Waals surface area contributed by atoms with Crippen molar-refractivity contribution in [3.8, 4) is 11.5 Å². The Labute approximate surface area is 197 Å². The van der Waals surface area contributed by atoms with Crippen LogP contribution in [-0.4, -0.2) is 35.8 Å². The predicted octanol–water partition coefficient (Wildman–Crippen LogP) is 3.76. The molecule has 2 heterocycles. The van der Waals surface area contributed by atoms with Crippen LogP contribution in [0.15, 0.2) is 42.2 Å². The number of rotatable bonds is 7. The Bertz CT molecular complexity index is 1120. The van der Waals surface area contributed by atoms with Crippen molar-refractivity contribution in [3.05, 3.63) is 52.8 Å². The SMILES string of the molecule is CC(C)NC(=O)c1cc2c(cc1NC(=O)/C(=C/CC(F)(F)F)N(N)c1ncccc1Cl)OCO2. The van der Waals surface area contributed by atoms with Gasteiger partial charge in [-0.15, -0.1) is 0 Å². The maximum absolute atomic E-state index is 13.1. The Hall–Kier alpha value is -3.51. The largest absolute Gasteiger partial charge is 0.454 e. The van der Waals surface area contributed by atoms with Gasteiger partial charge in [-0.1, -0.05) is 11.6 Å². The number of hydrogen-bond acceptors (Lipinski definition) is 7. The molecule has 0 spiro atoms. The van der Waals surface area contributed by atoms with Gasteiger partial charge in [-0.2, -0.15) is 13.2 Å². The van der Waals surface area contributed by atoms with Crippen LogP contribution in [0.3, 0.4) is 0 Å². The Morgan fingerprint density at radius 2 is 1.97 bits per heavy atom. The highest BCUT2D eigenvalue weighted by molar-refractivity contribution is 6.33. The molecule has 2 amide bonds. The molecule has 0 unspecified atom stereocenters. The second kappa shape index (κ2) is 10.2. The summed E-state index contributed by atoms with van der Waals surface area (Å²) in [6.45, 7) is 3.39. The average Bonchev–Trinajstić information content (AvgIpc) is 3.19. The lowest BCUT2D eigenvalue weighted by molar-refractivity contribution is -0.125. The summed E-state index contributed by atoms with van der Waals surface area (Å²) in [5.74, 6) is 4.75. The summed E-state index contributed by atoms with van der Waals surface area (Å²) >= 11 is 6.05. The van der Waals surface area contributed by atoms with Gasteiger partial charge in [0.05, 0.1) is 22.7 Å². The molecule has 0 bridgehead atoms. The fourth-order valence-corrected chi connectivity index (χ4v) is 3.15. The van der Waals surface area contributed by atoms with Gasteiger partial charge >= 0.3 is 6.18 Å². The molecule has 1 aliphatic rings. The molecule has 1 aromatic carbocycles. The summed E-state index contributed by atoms with van der Waals surface area (Å²) in [6, 6.07) is 5.38. The first-order chi connectivity index (χ1) is 16.0. The van der Waals surface area contributed by atoms with Gasteiger partial charge in [-0.25, -0.2) is 10.8 Å². The molecule has 0 saturated heterocycles. The van der Waals surface area contributed by atoms with Crippen molar-refractivity contribution < 1.29 is 32.2 Å². The lowest BCUT2D eigenvalue weighted by Crippen LogP contribution is -2.38. The number of hydrogen-bond donors (Lipinski definition) is 3. The van der Waals surface area contributed by atoms with Gasteiger partial charge in [0.2, 0.25) is 6.79 Å². The van der Waals surface area contributed by atoms with Crippen LogP contribution in [0.1, 0.15) is 30.6 Å². The first kappa shape index (κ1) is 25.1. The summed E-state index contributed by atoms with van der Waals surface area (Å²) in [4.78, 5) is 29.7. The second-order valence-electron chi connectivity index (χ2n) is 7.42. The quantitative estimate of drug-likeness (QED) is 0.301. The van der Waals surface area contributed by atoms with Gasteiger partial charge in [0.1, 0.15) is 5.70 Å². The fourth-order valence-electron chi connectivity index (χ4n) is 2.94. The van der Waals surface area contributed by atoms with E-state index in [0.717, 1.165) is 0 Å². The first-order valence-electron chi connectivity index (χ1n) is 9.94. The molecule has 0 saturated carbocycles. The minimum atomic E-state index is -4.61. The highest BCUT2D eigenvalue weighted by atomic mass is 35.5. The van der Waals surface area contributed by atoms with Crippen LogP contribution in [0.5, 0.6) is 11.5 Å². The molecule has 1 aromatic heterocycles. The monoisotopic (exact) mass is 499 g/mol. The summed E-state index contributed by atoms with van der Waals surface area (Å²) < 4.78 is 49.4. The standard InChI is InChI=1S/C21H21ClF3N5O4/c1-11(2)28-19(31)12-8-16-17(34-10-33-16)9-14(12)29-20(32)15(5-6-21(23,24)25)30(26)18-13(22)4-3-7-27-18/h3-5,7-9,11H,6,10,26H2,1-2H3,(H,28,31)(H,29,32)/b15-5-. The first-order valence-corrected chi connectivity index (χ1v) is 10.3. The highest BCUT2D eigenvalue weighted by Crippen LogP contribution is 2.37. The number of carbonyl (C=O) groups is 2. The molecule has 1 aliphatic heterocycles. The molecule has 0 fully saturated rings. The topological polar surface area (TPSA) is 119 Å². The molecule has 0 radical (unpaired) electrons. The molecule has 34 heavy (non-hydrogen) atoms. The van der Waals surface area contributed by atoms with Crippen LogP contribution in [0, 0.1) is 0 Å². The number of fused-ring (bicyclic) bond motifs is 1. The number of alkyl halides is 3. The van der Waals surface area contributed by atoms with E-state index in [2.05, 4.69) is 15.6 Å². The summed E-state index contributed by atoms with van der Waals surface area (Å²) in [6.07, 6.45) is -4.15. The summed E-state index contributed by atoms with van der Waals surface area (Å²) in [5, 5.41) is 5.77. The van der Waals surface area contributed by atoms with Crippen molar-refractivity contribution in [3.63, 3.8) is 0 Å². The number of nitrogens with one attached hydrogen (secondary N) is 2. The van der Waals surface area contributed by atoms with Crippen molar-refractivity contribution in [2.45, 2.75) is 32.5 Å². The van der Waals surface area contributed by atoms with Crippen molar-refractivity contribution in [1.82, 2.24) is 10.3 Å². The molecule has 3 rings (SSSR count). The maximum atomic E-state index is 13.1. The van der Waals surface area contributed by atoms with Crippen LogP contribution in [0.2, 0.25) is 5.02 Å². The Morgan fingerprint density at radius 1 is 1.29 bits per heavy atom. The second-order valence-corrected chi connectivity index (χ2v) is 7.83. The van der Waals surface area contributed by atoms with Gasteiger partial charge in [0, 0.05) is 18.3 Å². The van der Waals surface area contributed by atoms with Crippen molar-refractivity contribution in [2.75, 3.05) is 17.1 Å². The average molecular weight is 500 g/mol. The number of amides is 2. The number of benzene rings is 1. The number of hydrazine groups is 1. The molecule has 4 N–H and O–H groups in total. The maximum Gasteiger partial charge on any atom is 0.392 e. The fraction of sp³-hybridized carbons (Fsp3) is 0.286. The molecule has 9 nitrogen and oxygen atoms in total. The number of nitrogens with zero attached hydrogens (tertiary/aromatic N) is 2. The molecule has 182 valence electrons. The van der Waals surface area contributed by atoms with E-state index < -0.39 is 30.1 Å². The van der Waals surface area contributed by atoms with E-state index in [9.17, 15) is 22.8 Å². The molecule has 0 aliphatic carbocycles. The van der Waals surface area contributed by atoms with Crippen molar-refractivity contribution >= 4 is 34.9 Å². The number of halogens is 4. The van der Waals surface area contributed by atoms with E-state index in [1.165, 1.54) is 30.5 Å². The van der Waals surface area contributed by atoms with E-state index in [-0.39, 0.29) is 46.4 Å². The number of nitrogens with two attached hydrogens (primary N) is 1. The molecule has 13 heteroatoms. The Morgan fingerprint density at radius 3 is 2.59 bits per heavy atom. The van der Waals surface area contributed by atoms with Crippen molar-refractivity contribution in [1.29, 1.82) is 0 Å². The minimum Gasteiger partial charge on any atom is -0.454 e. The van der Waals surface area contributed by atoms with Gasteiger partial charge in [0.25, 0.3) is 11.8 Å². The van der Waals surface area contributed by atoms with E-state index in [1.54, 1.807) is 13.8 Å². The molecular weight excluding hydrogens is 479 g/mol. The van der Waals surface area contributed by atoms with Crippen molar-refractivity contribution in [2.24, 2.45) is 5.84 Å². The third-order valence-corrected chi connectivity index (χ3v) is 4.71. The smallest absolute Gasteiger partial charge is 0.392 e. The van der Waals surface area contributed by atoms with Gasteiger partial charge in [0.15, 0.2) is 17.3 Å².